The zero-order chi connectivity index (χ0) is 17.5. The van der Waals surface area contributed by atoms with Crippen LogP contribution in [0.25, 0.3) is 6.08 Å². The number of aryl methyl sites for hydroxylation is 1. The average Bonchev–Trinajstić information content (AvgIpc) is 2.61. The van der Waals surface area contributed by atoms with Crippen molar-refractivity contribution in [2.75, 3.05) is 19.5 Å². The van der Waals surface area contributed by atoms with Crippen LogP contribution in [0.4, 0.5) is 5.69 Å². The van der Waals surface area contributed by atoms with Crippen LogP contribution in [0.2, 0.25) is 0 Å². The van der Waals surface area contributed by atoms with E-state index in [1.807, 2.05) is 25.1 Å². The Morgan fingerprint density at radius 3 is 2.33 bits per heavy atom. The molecule has 2 rings (SSSR count). The van der Waals surface area contributed by atoms with E-state index in [-0.39, 0.29) is 5.57 Å². The van der Waals surface area contributed by atoms with Crippen molar-refractivity contribution in [3.8, 4) is 17.6 Å². The smallest absolute Gasteiger partial charge is 0.266 e. The molecule has 0 aliphatic heterocycles. The van der Waals surface area contributed by atoms with Crippen LogP contribution in [0.3, 0.4) is 0 Å². The van der Waals surface area contributed by atoms with E-state index in [1.54, 1.807) is 37.4 Å². The Labute approximate surface area is 141 Å². The number of nitriles is 1. The van der Waals surface area contributed by atoms with Crippen LogP contribution in [-0.4, -0.2) is 20.1 Å². The van der Waals surface area contributed by atoms with Gasteiger partial charge in [0.1, 0.15) is 11.6 Å². The van der Waals surface area contributed by atoms with Crippen LogP contribution in [0.5, 0.6) is 11.5 Å². The van der Waals surface area contributed by atoms with E-state index in [0.717, 1.165) is 5.56 Å². The number of carbonyl (C=O) groups is 1. The van der Waals surface area contributed by atoms with E-state index >= 15 is 0 Å². The summed E-state index contributed by atoms with van der Waals surface area (Å²) in [4.78, 5) is 12.3. The maximum absolute atomic E-state index is 12.3. The molecule has 0 heterocycles. The molecule has 0 saturated carbocycles. The summed E-state index contributed by atoms with van der Waals surface area (Å²) in [6, 6.07) is 14.5. The number of rotatable bonds is 5. The van der Waals surface area contributed by atoms with Crippen LogP contribution in [0.1, 0.15) is 11.1 Å². The molecule has 0 bridgehead atoms. The fraction of sp³-hybridized carbons (Fsp3) is 0.158. The molecule has 0 radical (unpaired) electrons. The first-order valence-electron chi connectivity index (χ1n) is 7.29. The summed E-state index contributed by atoms with van der Waals surface area (Å²) in [6.07, 6.45) is 1.51. The van der Waals surface area contributed by atoms with Gasteiger partial charge in [-0.25, -0.2) is 0 Å². The molecule has 24 heavy (non-hydrogen) atoms. The van der Waals surface area contributed by atoms with Gasteiger partial charge in [-0.15, -0.1) is 0 Å². The third kappa shape index (κ3) is 4.14. The molecule has 1 amide bonds. The quantitative estimate of drug-likeness (QED) is 0.675. The normalized spacial score (nSPS) is 10.7. The van der Waals surface area contributed by atoms with Gasteiger partial charge in [0.05, 0.1) is 14.2 Å². The molecule has 5 heteroatoms. The molecule has 122 valence electrons. The first-order valence-corrected chi connectivity index (χ1v) is 7.29. The molecule has 0 aromatic heterocycles. The van der Waals surface area contributed by atoms with Crippen LogP contribution < -0.4 is 14.8 Å². The lowest BCUT2D eigenvalue weighted by Gasteiger charge is -2.08. The van der Waals surface area contributed by atoms with Gasteiger partial charge in [0, 0.05) is 5.69 Å². The lowest BCUT2D eigenvalue weighted by molar-refractivity contribution is -0.112. The SMILES string of the molecule is COc1ccc(/C=C(\C#N)C(=O)Nc2ccc(C)cc2)cc1OC. The van der Waals surface area contributed by atoms with Gasteiger partial charge < -0.3 is 14.8 Å². The fourth-order valence-corrected chi connectivity index (χ4v) is 2.09. The van der Waals surface area contributed by atoms with Crippen molar-refractivity contribution in [3.05, 3.63) is 59.2 Å². The highest BCUT2D eigenvalue weighted by atomic mass is 16.5. The molecule has 0 spiro atoms. The number of nitrogens with one attached hydrogen (secondary N) is 1. The van der Waals surface area contributed by atoms with Crippen LogP contribution in [0, 0.1) is 18.3 Å². The van der Waals surface area contributed by atoms with Gasteiger partial charge in [-0.3, -0.25) is 4.79 Å². The molecular formula is C19H18N2O3. The number of anilines is 1. The van der Waals surface area contributed by atoms with E-state index in [4.69, 9.17) is 9.47 Å². The van der Waals surface area contributed by atoms with E-state index in [2.05, 4.69) is 5.32 Å². The fourth-order valence-electron chi connectivity index (χ4n) is 2.09. The Balaban J connectivity index is 2.23. The number of hydrogen-bond acceptors (Lipinski definition) is 4. The molecule has 0 unspecified atom stereocenters. The summed E-state index contributed by atoms with van der Waals surface area (Å²) in [7, 11) is 3.07. The van der Waals surface area contributed by atoms with Crippen molar-refractivity contribution >= 4 is 17.7 Å². The van der Waals surface area contributed by atoms with Crippen LogP contribution in [-0.2, 0) is 4.79 Å². The largest absolute Gasteiger partial charge is 0.493 e. The molecule has 2 aromatic carbocycles. The summed E-state index contributed by atoms with van der Waals surface area (Å²) in [5, 5.41) is 12.0. The average molecular weight is 322 g/mol. The van der Waals surface area contributed by atoms with Gasteiger partial charge >= 0.3 is 0 Å². The molecular weight excluding hydrogens is 304 g/mol. The van der Waals surface area contributed by atoms with Crippen molar-refractivity contribution in [1.29, 1.82) is 5.26 Å². The molecule has 0 aliphatic rings. The van der Waals surface area contributed by atoms with E-state index in [9.17, 15) is 10.1 Å². The zero-order valence-electron chi connectivity index (χ0n) is 13.8. The topological polar surface area (TPSA) is 71.3 Å². The van der Waals surface area contributed by atoms with Crippen LogP contribution >= 0.6 is 0 Å². The molecule has 0 atom stereocenters. The van der Waals surface area contributed by atoms with E-state index < -0.39 is 5.91 Å². The van der Waals surface area contributed by atoms with Crippen molar-refractivity contribution in [2.24, 2.45) is 0 Å². The predicted molar refractivity (Wildman–Crippen MR) is 92.9 cm³/mol. The molecule has 0 aliphatic carbocycles. The maximum atomic E-state index is 12.3. The third-order valence-corrected chi connectivity index (χ3v) is 3.39. The van der Waals surface area contributed by atoms with Gasteiger partial charge in [0.25, 0.3) is 5.91 Å². The minimum absolute atomic E-state index is 0.00259. The summed E-state index contributed by atoms with van der Waals surface area (Å²) in [6.45, 7) is 1.96. The predicted octanol–water partition coefficient (Wildman–Crippen LogP) is 3.56. The first-order chi connectivity index (χ1) is 11.6. The van der Waals surface area contributed by atoms with Gasteiger partial charge in [0.2, 0.25) is 0 Å². The lowest BCUT2D eigenvalue weighted by atomic mass is 10.1. The van der Waals surface area contributed by atoms with Crippen LogP contribution in [0.15, 0.2) is 48.0 Å². The van der Waals surface area contributed by atoms with Gasteiger partial charge in [-0.1, -0.05) is 23.8 Å². The number of amides is 1. The van der Waals surface area contributed by atoms with Gasteiger partial charge in [-0.05, 0) is 42.8 Å². The summed E-state index contributed by atoms with van der Waals surface area (Å²) < 4.78 is 10.4. The Morgan fingerprint density at radius 2 is 1.75 bits per heavy atom. The molecule has 5 nitrogen and oxygen atoms in total. The number of carbonyl (C=O) groups excluding carboxylic acids is 1. The highest BCUT2D eigenvalue weighted by molar-refractivity contribution is 6.09. The summed E-state index contributed by atoms with van der Waals surface area (Å²) >= 11 is 0. The zero-order valence-corrected chi connectivity index (χ0v) is 13.8. The number of hydrogen-bond donors (Lipinski definition) is 1. The van der Waals surface area contributed by atoms with E-state index in [0.29, 0.717) is 22.7 Å². The first kappa shape index (κ1) is 17.1. The molecule has 2 aromatic rings. The standard InChI is InChI=1S/C19H18N2O3/c1-13-4-7-16(8-5-13)21-19(22)15(12-20)10-14-6-9-17(23-2)18(11-14)24-3/h4-11H,1-3H3,(H,21,22)/b15-10+. The second-order valence-corrected chi connectivity index (χ2v) is 5.10. The van der Waals surface area contributed by atoms with E-state index in [1.165, 1.54) is 13.2 Å². The monoisotopic (exact) mass is 322 g/mol. The Bertz CT molecular complexity index is 802. The van der Waals surface area contributed by atoms with Gasteiger partial charge in [-0.2, -0.15) is 5.26 Å². The second-order valence-electron chi connectivity index (χ2n) is 5.10. The molecule has 0 fully saturated rings. The summed E-state index contributed by atoms with van der Waals surface area (Å²) in [5.74, 6) is 0.649. The number of ether oxygens (including phenoxy) is 2. The maximum Gasteiger partial charge on any atom is 0.266 e. The second kappa shape index (κ2) is 7.84. The number of nitrogens with zero attached hydrogens (tertiary/aromatic N) is 1. The molecule has 0 saturated heterocycles. The highest BCUT2D eigenvalue weighted by Gasteiger charge is 2.11. The number of benzene rings is 2. The lowest BCUT2D eigenvalue weighted by Crippen LogP contribution is -2.13. The number of methoxy groups -OCH3 is 2. The van der Waals surface area contributed by atoms with Crippen molar-refractivity contribution in [1.82, 2.24) is 0 Å². The minimum Gasteiger partial charge on any atom is -0.493 e. The Hall–Kier alpha value is -3.26. The Morgan fingerprint density at radius 1 is 1.08 bits per heavy atom. The highest BCUT2D eigenvalue weighted by Crippen LogP contribution is 2.28. The van der Waals surface area contributed by atoms with Crippen molar-refractivity contribution in [3.63, 3.8) is 0 Å². The third-order valence-electron chi connectivity index (χ3n) is 3.39. The minimum atomic E-state index is -0.462. The van der Waals surface area contributed by atoms with Crippen molar-refractivity contribution in [2.45, 2.75) is 6.92 Å². The van der Waals surface area contributed by atoms with Gasteiger partial charge in [0.15, 0.2) is 11.5 Å². The molecule has 1 N–H and O–H groups in total. The van der Waals surface area contributed by atoms with Crippen molar-refractivity contribution < 1.29 is 14.3 Å². The summed E-state index contributed by atoms with van der Waals surface area (Å²) in [5.41, 5.74) is 2.40. The Kier molecular flexibility index (Phi) is 5.58.